The van der Waals surface area contributed by atoms with Crippen LogP contribution in [0.4, 0.5) is 0 Å². The number of nitrogens with one attached hydrogen (secondary N) is 1. The molecule has 10 heavy (non-hydrogen) atoms. The predicted octanol–water partition coefficient (Wildman–Crippen LogP) is 1.39. The average molecular weight is 167 g/mol. The quantitative estimate of drug-likeness (QED) is 0.642. The highest BCUT2D eigenvalue weighted by atomic mass is 31.2. The van der Waals surface area contributed by atoms with Gasteiger partial charge >= 0.3 is 7.75 Å². The molecule has 1 N–H and O–H groups in total. The summed E-state index contributed by atoms with van der Waals surface area (Å²) in [6.07, 6.45) is 0. The molecule has 0 heterocycles. The summed E-state index contributed by atoms with van der Waals surface area (Å²) in [6, 6.07) is 0.0886. The minimum atomic E-state index is -2.99. The van der Waals surface area contributed by atoms with Crippen molar-refractivity contribution in [3.63, 3.8) is 0 Å². The molecule has 0 atom stereocenters. The lowest BCUT2D eigenvalue weighted by atomic mass is 10.4. The normalized spacial score (nSPS) is 12.5. The lowest BCUT2D eigenvalue weighted by molar-refractivity contribution is 0.261. The molecule has 0 saturated heterocycles. The van der Waals surface area contributed by atoms with Crippen molar-refractivity contribution < 1.29 is 13.6 Å². The largest absolute Gasteiger partial charge is 0.405 e. The zero-order valence-corrected chi connectivity index (χ0v) is 7.64. The van der Waals surface area contributed by atoms with Crippen LogP contribution in [-0.4, -0.2) is 20.3 Å². The van der Waals surface area contributed by atoms with Crippen molar-refractivity contribution in [2.45, 2.75) is 19.9 Å². The molecule has 0 amide bonds. The summed E-state index contributed by atoms with van der Waals surface area (Å²) in [5, 5.41) is 2.67. The molecule has 0 fully saturated rings. The molecule has 0 aromatic heterocycles. The fourth-order valence-corrected chi connectivity index (χ4v) is 1.49. The second kappa shape index (κ2) is 4.09. The third-order valence-corrected chi connectivity index (χ3v) is 2.69. The Morgan fingerprint density at radius 3 is 1.80 bits per heavy atom. The van der Waals surface area contributed by atoms with E-state index in [2.05, 4.69) is 14.1 Å². The van der Waals surface area contributed by atoms with Crippen molar-refractivity contribution in [1.29, 1.82) is 0 Å². The van der Waals surface area contributed by atoms with Crippen molar-refractivity contribution in [2.24, 2.45) is 0 Å². The SMILES string of the molecule is COP(=O)(NC(C)C)OC. The van der Waals surface area contributed by atoms with Gasteiger partial charge in [0.05, 0.1) is 0 Å². The van der Waals surface area contributed by atoms with Gasteiger partial charge < -0.3 is 9.05 Å². The maximum absolute atomic E-state index is 11.2. The van der Waals surface area contributed by atoms with Gasteiger partial charge in [0.15, 0.2) is 0 Å². The van der Waals surface area contributed by atoms with E-state index >= 15 is 0 Å². The van der Waals surface area contributed by atoms with Gasteiger partial charge in [-0.05, 0) is 13.8 Å². The summed E-state index contributed by atoms with van der Waals surface area (Å²) >= 11 is 0. The molecule has 0 aliphatic carbocycles. The Morgan fingerprint density at radius 2 is 1.70 bits per heavy atom. The van der Waals surface area contributed by atoms with Gasteiger partial charge in [-0.1, -0.05) is 0 Å². The smallest absolute Gasteiger partial charge is 0.300 e. The molecule has 5 heteroatoms. The van der Waals surface area contributed by atoms with E-state index in [4.69, 9.17) is 0 Å². The van der Waals surface area contributed by atoms with Crippen molar-refractivity contribution in [3.8, 4) is 0 Å². The molecule has 0 unspecified atom stereocenters. The van der Waals surface area contributed by atoms with Gasteiger partial charge in [0.2, 0.25) is 0 Å². The fourth-order valence-electron chi connectivity index (χ4n) is 0.496. The van der Waals surface area contributed by atoms with Gasteiger partial charge in [-0.25, -0.2) is 9.65 Å². The van der Waals surface area contributed by atoms with E-state index in [1.807, 2.05) is 13.8 Å². The van der Waals surface area contributed by atoms with E-state index in [0.717, 1.165) is 0 Å². The first kappa shape index (κ1) is 10.1. The van der Waals surface area contributed by atoms with Crippen LogP contribution in [0.25, 0.3) is 0 Å². The fraction of sp³-hybridized carbons (Fsp3) is 1.00. The van der Waals surface area contributed by atoms with Gasteiger partial charge in [-0.15, -0.1) is 0 Å². The van der Waals surface area contributed by atoms with Crippen LogP contribution >= 0.6 is 7.75 Å². The Balaban J connectivity index is 3.94. The Bertz CT molecular complexity index is 129. The van der Waals surface area contributed by atoms with Crippen LogP contribution in [-0.2, 0) is 13.6 Å². The molecule has 0 bridgehead atoms. The molecule has 4 nitrogen and oxygen atoms in total. The lowest BCUT2D eigenvalue weighted by Crippen LogP contribution is -2.20. The minimum Gasteiger partial charge on any atom is -0.300 e. The molecule has 0 aliphatic rings. The summed E-state index contributed by atoms with van der Waals surface area (Å²) in [5.41, 5.74) is 0. The minimum absolute atomic E-state index is 0.0886. The molecule has 0 aliphatic heterocycles. The highest BCUT2D eigenvalue weighted by Gasteiger charge is 2.20. The molecule has 0 saturated carbocycles. The number of hydrogen-bond acceptors (Lipinski definition) is 3. The van der Waals surface area contributed by atoms with E-state index in [-0.39, 0.29) is 6.04 Å². The monoisotopic (exact) mass is 167 g/mol. The van der Waals surface area contributed by atoms with E-state index in [1.54, 1.807) is 0 Å². The Kier molecular flexibility index (Phi) is 4.13. The second-order valence-corrected chi connectivity index (χ2v) is 4.13. The number of rotatable bonds is 4. The summed E-state index contributed by atoms with van der Waals surface area (Å²) in [4.78, 5) is 0. The van der Waals surface area contributed by atoms with Gasteiger partial charge in [0.25, 0.3) is 0 Å². The summed E-state index contributed by atoms with van der Waals surface area (Å²) in [7, 11) is -0.294. The Hall–Kier alpha value is 0.110. The van der Waals surface area contributed by atoms with E-state index < -0.39 is 7.75 Å². The first-order chi connectivity index (χ1) is 4.54. The van der Waals surface area contributed by atoms with Crippen LogP contribution in [0, 0.1) is 0 Å². The molecule has 0 aromatic rings. The summed E-state index contributed by atoms with van der Waals surface area (Å²) < 4.78 is 20.4. The van der Waals surface area contributed by atoms with Gasteiger partial charge in [0, 0.05) is 20.3 Å². The predicted molar refractivity (Wildman–Crippen MR) is 39.9 cm³/mol. The maximum atomic E-state index is 11.2. The van der Waals surface area contributed by atoms with Gasteiger partial charge in [0.1, 0.15) is 0 Å². The summed E-state index contributed by atoms with van der Waals surface area (Å²) in [5.74, 6) is 0. The average Bonchev–Trinajstić information content (AvgIpc) is 1.87. The van der Waals surface area contributed by atoms with Crippen molar-refractivity contribution in [1.82, 2.24) is 5.09 Å². The third kappa shape index (κ3) is 3.32. The topological polar surface area (TPSA) is 47.6 Å². The highest BCUT2D eigenvalue weighted by molar-refractivity contribution is 7.51. The highest BCUT2D eigenvalue weighted by Crippen LogP contribution is 2.41. The van der Waals surface area contributed by atoms with Gasteiger partial charge in [-0.3, -0.25) is 0 Å². The first-order valence-corrected chi connectivity index (χ1v) is 4.57. The molecular weight excluding hydrogens is 153 g/mol. The van der Waals surface area contributed by atoms with Crippen LogP contribution in [0.2, 0.25) is 0 Å². The van der Waals surface area contributed by atoms with Crippen LogP contribution in [0.1, 0.15) is 13.8 Å². The van der Waals surface area contributed by atoms with Crippen molar-refractivity contribution in [2.75, 3.05) is 14.2 Å². The number of hydrogen-bond donors (Lipinski definition) is 1. The second-order valence-electron chi connectivity index (χ2n) is 2.15. The summed E-state index contributed by atoms with van der Waals surface area (Å²) in [6.45, 7) is 3.73. The van der Waals surface area contributed by atoms with Gasteiger partial charge in [-0.2, -0.15) is 0 Å². The van der Waals surface area contributed by atoms with Crippen LogP contribution < -0.4 is 5.09 Å². The third-order valence-electron chi connectivity index (χ3n) is 0.897. The zero-order valence-electron chi connectivity index (χ0n) is 6.75. The molecule has 0 radical (unpaired) electrons. The molecule has 0 aromatic carbocycles. The van der Waals surface area contributed by atoms with E-state index in [1.165, 1.54) is 14.2 Å². The van der Waals surface area contributed by atoms with E-state index in [9.17, 15) is 4.57 Å². The first-order valence-electron chi connectivity index (χ1n) is 3.03. The van der Waals surface area contributed by atoms with E-state index in [0.29, 0.717) is 0 Å². The molecular formula is C5H14NO3P. The Morgan fingerprint density at radius 1 is 1.30 bits per heavy atom. The molecule has 0 rings (SSSR count). The maximum Gasteiger partial charge on any atom is 0.405 e. The molecule has 0 spiro atoms. The van der Waals surface area contributed by atoms with Crippen molar-refractivity contribution in [3.05, 3.63) is 0 Å². The standard InChI is InChI=1S/C5H14NO3P/c1-5(2)6-10(7,8-3)9-4/h5H,1-4H3,(H,6,7). The molecule has 62 valence electrons. The lowest BCUT2D eigenvalue weighted by Gasteiger charge is -2.16. The van der Waals surface area contributed by atoms with Crippen molar-refractivity contribution >= 4 is 7.75 Å². The van der Waals surface area contributed by atoms with Crippen LogP contribution in [0.15, 0.2) is 0 Å². The Labute approximate surface area is 61.5 Å². The zero-order chi connectivity index (χ0) is 8.20. The van der Waals surface area contributed by atoms with Crippen LogP contribution in [0.3, 0.4) is 0 Å². The van der Waals surface area contributed by atoms with Crippen LogP contribution in [0.5, 0.6) is 0 Å².